The molecule has 0 aliphatic carbocycles. The van der Waals surface area contributed by atoms with E-state index in [1.807, 2.05) is 26.0 Å². The third kappa shape index (κ3) is 7.60. The lowest BCUT2D eigenvalue weighted by molar-refractivity contribution is 0.0948. The van der Waals surface area contributed by atoms with Crippen molar-refractivity contribution in [2.75, 3.05) is 38.0 Å². The van der Waals surface area contributed by atoms with Gasteiger partial charge >= 0.3 is 6.03 Å². The number of benzene rings is 1. The number of nitrogens with one attached hydrogen (secondary N) is 3. The van der Waals surface area contributed by atoms with Gasteiger partial charge in [0.25, 0.3) is 5.91 Å². The number of aromatic nitrogens is 1. The Bertz CT molecular complexity index is 891. The van der Waals surface area contributed by atoms with E-state index in [9.17, 15) is 14.0 Å². The molecule has 1 aliphatic heterocycles. The van der Waals surface area contributed by atoms with E-state index >= 15 is 0 Å². The predicted molar refractivity (Wildman–Crippen MR) is 123 cm³/mol. The number of carbonyl (C=O) groups is 2. The summed E-state index contributed by atoms with van der Waals surface area (Å²) >= 11 is 0. The maximum absolute atomic E-state index is 12.9. The number of nitrogens with zero attached hydrogens (tertiary/aromatic N) is 2. The molecule has 0 atom stereocenters. The van der Waals surface area contributed by atoms with Gasteiger partial charge in [0.05, 0.1) is 0 Å². The van der Waals surface area contributed by atoms with Crippen LogP contribution in [0.15, 0.2) is 36.4 Å². The minimum atomic E-state index is -0.344. The molecule has 0 spiro atoms. The predicted octanol–water partition coefficient (Wildman–Crippen LogP) is 3.49. The summed E-state index contributed by atoms with van der Waals surface area (Å²) in [6.45, 7) is 7.81. The normalized spacial score (nSPS) is 14.7. The van der Waals surface area contributed by atoms with E-state index in [1.54, 1.807) is 0 Å². The van der Waals surface area contributed by atoms with Gasteiger partial charge in [-0.3, -0.25) is 9.78 Å². The molecule has 2 aromatic rings. The highest BCUT2D eigenvalue weighted by atomic mass is 19.1. The van der Waals surface area contributed by atoms with Crippen molar-refractivity contribution < 1.29 is 14.0 Å². The smallest absolute Gasteiger partial charge is 0.319 e. The van der Waals surface area contributed by atoms with Crippen molar-refractivity contribution in [1.29, 1.82) is 0 Å². The lowest BCUT2D eigenvalue weighted by atomic mass is 9.93. The first kappa shape index (κ1) is 23.7. The molecule has 3 rings (SSSR count). The van der Waals surface area contributed by atoms with Crippen molar-refractivity contribution in [2.45, 2.75) is 33.1 Å². The van der Waals surface area contributed by atoms with Crippen molar-refractivity contribution in [3.05, 3.63) is 59.2 Å². The van der Waals surface area contributed by atoms with Gasteiger partial charge in [-0.15, -0.1) is 0 Å². The van der Waals surface area contributed by atoms with Crippen LogP contribution in [0.2, 0.25) is 0 Å². The molecule has 1 fully saturated rings. The molecule has 3 amide bonds. The molecule has 0 radical (unpaired) electrons. The summed E-state index contributed by atoms with van der Waals surface area (Å²) in [7, 11) is 0. The number of hydrogen-bond donors (Lipinski definition) is 3. The first-order valence-electron chi connectivity index (χ1n) is 11.2. The van der Waals surface area contributed by atoms with Crippen molar-refractivity contribution in [3.8, 4) is 0 Å². The first-order valence-corrected chi connectivity index (χ1v) is 11.2. The Kier molecular flexibility index (Phi) is 8.56. The average Bonchev–Trinajstić information content (AvgIpc) is 2.74. The fraction of sp³-hybridized carbons (Fsp3) is 0.458. The molecule has 0 saturated carbocycles. The minimum absolute atomic E-state index is 0.163. The fourth-order valence-electron chi connectivity index (χ4n) is 4.00. The second kappa shape index (κ2) is 11.6. The van der Waals surface area contributed by atoms with Gasteiger partial charge in [0, 0.05) is 42.3 Å². The highest BCUT2D eigenvalue weighted by molar-refractivity contribution is 5.94. The highest BCUT2D eigenvalue weighted by Gasteiger charge is 2.19. The average molecular weight is 442 g/mol. The number of rotatable bonds is 8. The number of anilines is 1. The molecule has 1 aliphatic rings. The topological polar surface area (TPSA) is 86.4 Å². The number of hydrogen-bond acceptors (Lipinski definition) is 4. The molecular formula is C24H32FN5O2. The van der Waals surface area contributed by atoms with Crippen molar-refractivity contribution >= 4 is 17.6 Å². The van der Waals surface area contributed by atoms with E-state index in [-0.39, 0.29) is 17.8 Å². The lowest BCUT2D eigenvalue weighted by Crippen LogP contribution is -2.41. The molecule has 32 heavy (non-hydrogen) atoms. The third-order valence-electron chi connectivity index (χ3n) is 5.70. The summed E-state index contributed by atoms with van der Waals surface area (Å²) in [5, 5.41) is 8.68. The molecular weight excluding hydrogens is 409 g/mol. The second-order valence-electron chi connectivity index (χ2n) is 8.36. The van der Waals surface area contributed by atoms with Gasteiger partial charge in [-0.1, -0.05) is 0 Å². The van der Waals surface area contributed by atoms with Crippen LogP contribution in [0, 0.1) is 25.6 Å². The van der Waals surface area contributed by atoms with E-state index in [0.29, 0.717) is 24.6 Å². The van der Waals surface area contributed by atoms with E-state index in [1.165, 1.54) is 24.3 Å². The maximum Gasteiger partial charge on any atom is 0.319 e. The summed E-state index contributed by atoms with van der Waals surface area (Å²) in [6, 6.07) is 9.07. The molecule has 0 bridgehead atoms. The third-order valence-corrected chi connectivity index (χ3v) is 5.70. The van der Waals surface area contributed by atoms with Gasteiger partial charge in [-0.05, 0) is 88.5 Å². The van der Waals surface area contributed by atoms with Crippen molar-refractivity contribution in [1.82, 2.24) is 20.5 Å². The standard InChI is InChI=1S/C24H32FN5O2/c1-17-15-22(16-18(2)28-17)29-24(32)27-11-14-30-12-8-19(9-13-30)7-10-26-23(31)20-3-5-21(25)6-4-20/h3-6,15-16,19H,7-14H2,1-2H3,(H,26,31)(H2,27,28,29,32). The zero-order valence-electron chi connectivity index (χ0n) is 18.8. The Balaban J connectivity index is 1.27. The van der Waals surface area contributed by atoms with Gasteiger partial charge in [0.15, 0.2) is 0 Å². The molecule has 2 heterocycles. The van der Waals surface area contributed by atoms with Crippen LogP contribution in [-0.2, 0) is 0 Å². The molecule has 1 saturated heterocycles. The number of aryl methyl sites for hydroxylation is 2. The van der Waals surface area contributed by atoms with E-state index in [2.05, 4.69) is 25.8 Å². The zero-order chi connectivity index (χ0) is 22.9. The van der Waals surface area contributed by atoms with Gasteiger partial charge in [-0.2, -0.15) is 0 Å². The number of pyridine rings is 1. The highest BCUT2D eigenvalue weighted by Crippen LogP contribution is 2.19. The maximum atomic E-state index is 12.9. The Labute approximate surface area is 188 Å². The Morgan fingerprint density at radius 3 is 2.34 bits per heavy atom. The van der Waals surface area contributed by atoms with Crippen LogP contribution in [0.4, 0.5) is 14.9 Å². The number of urea groups is 1. The molecule has 3 N–H and O–H groups in total. The Morgan fingerprint density at radius 1 is 1.03 bits per heavy atom. The molecule has 8 heteroatoms. The first-order chi connectivity index (χ1) is 15.4. The molecule has 172 valence electrons. The van der Waals surface area contributed by atoms with Gasteiger partial charge < -0.3 is 20.9 Å². The van der Waals surface area contributed by atoms with Crippen LogP contribution in [-0.4, -0.2) is 54.5 Å². The number of likely N-dealkylation sites (tertiary alicyclic amines) is 1. The number of carbonyl (C=O) groups excluding carboxylic acids is 2. The van der Waals surface area contributed by atoms with Crippen LogP contribution in [0.1, 0.15) is 41.0 Å². The SMILES string of the molecule is Cc1cc(NC(=O)NCCN2CCC(CCNC(=O)c3ccc(F)cc3)CC2)cc(C)n1. The van der Waals surface area contributed by atoms with Crippen molar-refractivity contribution in [3.63, 3.8) is 0 Å². The van der Waals surface area contributed by atoms with Gasteiger partial charge in [0.1, 0.15) is 5.82 Å². The van der Waals surface area contributed by atoms with E-state index in [0.717, 1.165) is 56.0 Å². The second-order valence-corrected chi connectivity index (χ2v) is 8.36. The molecule has 1 aromatic heterocycles. The largest absolute Gasteiger partial charge is 0.352 e. The number of halogens is 1. The summed E-state index contributed by atoms with van der Waals surface area (Å²) in [4.78, 5) is 30.9. The Hall–Kier alpha value is -3.00. The van der Waals surface area contributed by atoms with Gasteiger partial charge in [0.2, 0.25) is 0 Å². The number of piperidine rings is 1. The van der Waals surface area contributed by atoms with Crippen LogP contribution in [0.3, 0.4) is 0 Å². The molecule has 1 aromatic carbocycles. The van der Waals surface area contributed by atoms with Crippen molar-refractivity contribution in [2.24, 2.45) is 5.92 Å². The quantitative estimate of drug-likeness (QED) is 0.585. The molecule has 7 nitrogen and oxygen atoms in total. The van der Waals surface area contributed by atoms with Crippen LogP contribution < -0.4 is 16.0 Å². The minimum Gasteiger partial charge on any atom is -0.352 e. The molecule has 0 unspecified atom stereocenters. The van der Waals surface area contributed by atoms with Crippen LogP contribution in [0.25, 0.3) is 0 Å². The van der Waals surface area contributed by atoms with Crippen LogP contribution in [0.5, 0.6) is 0 Å². The summed E-state index contributed by atoms with van der Waals surface area (Å²) in [6.07, 6.45) is 3.09. The lowest BCUT2D eigenvalue weighted by Gasteiger charge is -2.32. The number of amides is 3. The Morgan fingerprint density at radius 2 is 1.69 bits per heavy atom. The summed E-state index contributed by atoms with van der Waals surface area (Å²) in [5.41, 5.74) is 2.98. The van der Waals surface area contributed by atoms with Gasteiger partial charge in [-0.25, -0.2) is 9.18 Å². The van der Waals surface area contributed by atoms with E-state index in [4.69, 9.17) is 0 Å². The zero-order valence-corrected chi connectivity index (χ0v) is 18.8. The fourth-order valence-corrected chi connectivity index (χ4v) is 4.00. The monoisotopic (exact) mass is 441 g/mol. The summed E-state index contributed by atoms with van der Waals surface area (Å²) < 4.78 is 12.9. The van der Waals surface area contributed by atoms with Crippen LogP contribution >= 0.6 is 0 Å². The van der Waals surface area contributed by atoms with E-state index < -0.39 is 0 Å². The summed E-state index contributed by atoms with van der Waals surface area (Å²) in [5.74, 6) is 0.0705.